The fourth-order valence-electron chi connectivity index (χ4n) is 3.19. The van der Waals surface area contributed by atoms with Crippen LogP contribution in [0.15, 0.2) is 11.2 Å². The van der Waals surface area contributed by atoms with Crippen molar-refractivity contribution in [2.75, 3.05) is 12.3 Å². The van der Waals surface area contributed by atoms with Crippen molar-refractivity contribution in [2.24, 2.45) is 7.05 Å². The Bertz CT molecular complexity index is 779. The minimum Gasteiger partial charge on any atom is -0.336 e. The largest absolute Gasteiger partial charge is 0.336 e. The van der Waals surface area contributed by atoms with E-state index >= 15 is 0 Å². The van der Waals surface area contributed by atoms with Crippen molar-refractivity contribution in [1.82, 2.24) is 13.9 Å². The van der Waals surface area contributed by atoms with E-state index in [-0.39, 0.29) is 23.2 Å². The van der Waals surface area contributed by atoms with E-state index in [1.54, 1.807) is 11.6 Å². The smallest absolute Gasteiger partial charge is 0.262 e. The first kappa shape index (κ1) is 15.0. The molecule has 2 bridgehead atoms. The van der Waals surface area contributed by atoms with E-state index in [0.717, 1.165) is 0 Å². The minimum absolute atomic E-state index is 0.0126. The molecule has 3 rings (SSSR count). The Morgan fingerprint density at radius 2 is 2.05 bits per heavy atom. The zero-order valence-corrected chi connectivity index (χ0v) is 13.9. The third-order valence-corrected chi connectivity index (χ3v) is 8.23. The summed E-state index contributed by atoms with van der Waals surface area (Å²) in [6.45, 7) is 3.95. The lowest BCUT2D eigenvalue weighted by molar-refractivity contribution is 0.401. The number of sulfonamides is 1. The van der Waals surface area contributed by atoms with Gasteiger partial charge in [0.1, 0.15) is 5.82 Å². The summed E-state index contributed by atoms with van der Waals surface area (Å²) in [5, 5.41) is -0.538. The zero-order chi connectivity index (χ0) is 15.6. The molecule has 0 saturated carbocycles. The summed E-state index contributed by atoms with van der Waals surface area (Å²) in [5.41, 5.74) is 0. The lowest BCUT2D eigenvalue weighted by Crippen LogP contribution is -2.44. The second kappa shape index (κ2) is 4.53. The molecule has 2 saturated heterocycles. The average molecular weight is 333 g/mol. The number of aromatic nitrogens is 2. The van der Waals surface area contributed by atoms with Gasteiger partial charge in [0, 0.05) is 31.7 Å². The molecule has 0 amide bonds. The van der Waals surface area contributed by atoms with E-state index in [9.17, 15) is 16.8 Å². The van der Waals surface area contributed by atoms with Gasteiger partial charge in [-0.05, 0) is 6.42 Å². The van der Waals surface area contributed by atoms with Crippen molar-refractivity contribution in [3.63, 3.8) is 0 Å². The number of hydrogen-bond donors (Lipinski definition) is 0. The molecule has 1 aromatic heterocycles. The highest BCUT2D eigenvalue weighted by molar-refractivity contribution is 7.93. The van der Waals surface area contributed by atoms with E-state index in [0.29, 0.717) is 12.2 Å². The van der Waals surface area contributed by atoms with Gasteiger partial charge >= 0.3 is 0 Å². The van der Waals surface area contributed by atoms with Gasteiger partial charge in [-0.1, -0.05) is 13.8 Å². The fraction of sp³-hybridized carbons (Fsp3) is 0.750. The zero-order valence-electron chi connectivity index (χ0n) is 12.2. The third-order valence-electron chi connectivity index (χ3n) is 4.24. The number of rotatable bonds is 3. The Morgan fingerprint density at radius 3 is 2.48 bits per heavy atom. The van der Waals surface area contributed by atoms with Crippen LogP contribution in [0, 0.1) is 0 Å². The maximum Gasteiger partial charge on any atom is 0.262 e. The number of sulfone groups is 1. The second-order valence-electron chi connectivity index (χ2n) is 6.12. The van der Waals surface area contributed by atoms with Crippen molar-refractivity contribution in [1.29, 1.82) is 0 Å². The Kier molecular flexibility index (Phi) is 3.23. The van der Waals surface area contributed by atoms with Crippen molar-refractivity contribution < 1.29 is 16.8 Å². The number of imidazole rings is 1. The maximum absolute atomic E-state index is 12.7. The number of nitrogens with zero attached hydrogens (tertiary/aromatic N) is 3. The van der Waals surface area contributed by atoms with Crippen molar-refractivity contribution >= 4 is 19.9 Å². The van der Waals surface area contributed by atoms with Crippen LogP contribution in [0.2, 0.25) is 0 Å². The Morgan fingerprint density at radius 1 is 1.38 bits per heavy atom. The monoisotopic (exact) mass is 333 g/mol. The molecule has 7 nitrogen and oxygen atoms in total. The van der Waals surface area contributed by atoms with Gasteiger partial charge in [0.25, 0.3) is 10.0 Å². The quantitative estimate of drug-likeness (QED) is 0.783. The topological polar surface area (TPSA) is 89.3 Å². The summed E-state index contributed by atoms with van der Waals surface area (Å²) >= 11 is 0. The van der Waals surface area contributed by atoms with Crippen LogP contribution < -0.4 is 0 Å². The fourth-order valence-corrected chi connectivity index (χ4v) is 7.07. The number of aryl methyl sites for hydroxylation is 1. The van der Waals surface area contributed by atoms with E-state index in [1.807, 2.05) is 13.8 Å². The van der Waals surface area contributed by atoms with Gasteiger partial charge < -0.3 is 4.57 Å². The lowest BCUT2D eigenvalue weighted by Gasteiger charge is -2.24. The molecule has 1 aromatic rings. The van der Waals surface area contributed by atoms with Crippen LogP contribution in [0.5, 0.6) is 0 Å². The molecule has 0 aliphatic carbocycles. The molecular weight excluding hydrogens is 314 g/mol. The normalized spacial score (nSPS) is 28.6. The Hall–Kier alpha value is -0.930. The maximum atomic E-state index is 12.7. The molecule has 0 N–H and O–H groups in total. The molecule has 0 unspecified atom stereocenters. The highest BCUT2D eigenvalue weighted by Gasteiger charge is 2.53. The standard InChI is InChI=1S/C12H19N3O4S2/c1-8(2)12-13-11(6-14(12)3)21(18,19)15-5-10-4-9(15)7-20(10,16)17/h6,8-10H,4-5,7H2,1-3H3/t9-,10+/m0/s1. The highest BCUT2D eigenvalue weighted by atomic mass is 32.2. The molecule has 0 radical (unpaired) electrons. The third kappa shape index (κ3) is 2.22. The second-order valence-corrected chi connectivity index (χ2v) is 10.3. The summed E-state index contributed by atoms with van der Waals surface area (Å²) in [6, 6.07) is -0.436. The van der Waals surface area contributed by atoms with Crippen LogP contribution >= 0.6 is 0 Å². The van der Waals surface area contributed by atoms with Gasteiger partial charge in [-0.3, -0.25) is 0 Å². The van der Waals surface area contributed by atoms with Gasteiger partial charge in [-0.2, -0.15) is 4.31 Å². The van der Waals surface area contributed by atoms with E-state index in [4.69, 9.17) is 0 Å². The summed E-state index contributed by atoms with van der Waals surface area (Å²) in [6.07, 6.45) is 1.91. The molecule has 2 aliphatic rings. The Labute approximate surface area is 124 Å². The van der Waals surface area contributed by atoms with Crippen molar-refractivity contribution in [2.45, 2.75) is 42.5 Å². The van der Waals surface area contributed by atoms with Gasteiger partial charge in [0.05, 0.1) is 11.0 Å². The first-order chi connectivity index (χ1) is 9.63. The lowest BCUT2D eigenvalue weighted by atomic mass is 10.2. The minimum atomic E-state index is -3.72. The predicted octanol–water partition coefficient (Wildman–Crippen LogP) is 0.103. The average Bonchev–Trinajstić information content (AvgIpc) is 2.99. The number of hydrogen-bond acceptors (Lipinski definition) is 5. The summed E-state index contributed by atoms with van der Waals surface area (Å²) in [4.78, 5) is 4.23. The first-order valence-corrected chi connectivity index (χ1v) is 10.0. The van der Waals surface area contributed by atoms with Gasteiger partial charge in [-0.25, -0.2) is 21.8 Å². The van der Waals surface area contributed by atoms with E-state index < -0.39 is 31.2 Å². The molecule has 2 fully saturated rings. The summed E-state index contributed by atoms with van der Waals surface area (Å²) in [7, 11) is -5.06. The predicted molar refractivity (Wildman–Crippen MR) is 77.2 cm³/mol. The molecule has 9 heteroatoms. The highest BCUT2D eigenvalue weighted by Crippen LogP contribution is 2.36. The van der Waals surface area contributed by atoms with Crippen LogP contribution in [-0.2, 0) is 26.9 Å². The summed E-state index contributed by atoms with van der Waals surface area (Å²) in [5.74, 6) is 0.751. The van der Waals surface area contributed by atoms with Crippen molar-refractivity contribution in [3.8, 4) is 0 Å². The molecule has 2 atom stereocenters. The molecular formula is C12H19N3O4S2. The van der Waals surface area contributed by atoms with Gasteiger partial charge in [0.2, 0.25) is 0 Å². The SMILES string of the molecule is CC(C)c1nc(S(=O)(=O)N2C[C@H]3C[C@H]2CS3(=O)=O)cn1C. The summed E-state index contributed by atoms with van der Waals surface area (Å²) < 4.78 is 51.9. The molecule has 21 heavy (non-hydrogen) atoms. The van der Waals surface area contributed by atoms with Crippen LogP contribution in [0.25, 0.3) is 0 Å². The number of fused-ring (bicyclic) bond motifs is 2. The molecule has 0 spiro atoms. The van der Waals surface area contributed by atoms with Crippen LogP contribution in [0.3, 0.4) is 0 Å². The van der Waals surface area contributed by atoms with Crippen LogP contribution in [0.4, 0.5) is 0 Å². The molecule has 2 aliphatic heterocycles. The first-order valence-electron chi connectivity index (χ1n) is 6.89. The van der Waals surface area contributed by atoms with Crippen molar-refractivity contribution in [3.05, 3.63) is 12.0 Å². The van der Waals surface area contributed by atoms with E-state index in [2.05, 4.69) is 4.98 Å². The molecule has 0 aromatic carbocycles. The Balaban J connectivity index is 1.95. The van der Waals surface area contributed by atoms with Gasteiger partial charge in [0.15, 0.2) is 14.9 Å². The molecule has 3 heterocycles. The van der Waals surface area contributed by atoms with E-state index in [1.165, 1.54) is 10.5 Å². The van der Waals surface area contributed by atoms with Crippen LogP contribution in [0.1, 0.15) is 32.0 Å². The molecule has 118 valence electrons. The van der Waals surface area contributed by atoms with Gasteiger partial charge in [-0.15, -0.1) is 0 Å². The van der Waals surface area contributed by atoms with Crippen LogP contribution in [-0.4, -0.2) is 54.3 Å².